The van der Waals surface area contributed by atoms with Crippen LogP contribution in [0.15, 0.2) is 30.6 Å². The standard InChI is InChI=1S/C20H27N7O3S/c1-2-31(29,30)27-9-7-26(8-10-27)15-5-6-18(22-12-15)25-19-11-17(24-14-3-4-14)16(13-23-19)20(21)28/h5-6,11-14H,2-4,7-10H2,1H3,(H2,21,28)(H2,22,23,24,25). The van der Waals surface area contributed by atoms with Crippen molar-refractivity contribution in [3.8, 4) is 0 Å². The fourth-order valence-corrected chi connectivity index (χ4v) is 4.56. The molecule has 2 aromatic rings. The fourth-order valence-electron chi connectivity index (χ4n) is 3.47. The van der Waals surface area contributed by atoms with Gasteiger partial charge in [0.2, 0.25) is 10.0 Å². The van der Waals surface area contributed by atoms with E-state index in [0.717, 1.165) is 18.5 Å². The number of nitrogens with zero attached hydrogens (tertiary/aromatic N) is 4. The van der Waals surface area contributed by atoms with Gasteiger partial charge in [-0.05, 0) is 31.9 Å². The maximum absolute atomic E-state index is 12.0. The first kappa shape index (κ1) is 21.3. The van der Waals surface area contributed by atoms with Gasteiger partial charge in [0, 0.05) is 44.5 Å². The molecule has 1 amide bonds. The summed E-state index contributed by atoms with van der Waals surface area (Å²) in [6.07, 6.45) is 5.37. The van der Waals surface area contributed by atoms with Crippen molar-refractivity contribution in [2.75, 3.05) is 47.5 Å². The molecule has 4 rings (SSSR count). The molecule has 2 fully saturated rings. The summed E-state index contributed by atoms with van der Waals surface area (Å²) in [6, 6.07) is 5.93. The third kappa shape index (κ3) is 5.05. The highest BCUT2D eigenvalue weighted by Gasteiger charge is 2.26. The minimum absolute atomic E-state index is 0.126. The van der Waals surface area contributed by atoms with Gasteiger partial charge in [-0.15, -0.1) is 0 Å². The van der Waals surface area contributed by atoms with Gasteiger partial charge in [-0.25, -0.2) is 18.4 Å². The molecule has 2 aromatic heterocycles. The van der Waals surface area contributed by atoms with E-state index in [1.165, 1.54) is 6.20 Å². The average Bonchev–Trinajstić information content (AvgIpc) is 3.58. The summed E-state index contributed by atoms with van der Waals surface area (Å²) in [5, 5.41) is 6.46. The number of hydrogen-bond acceptors (Lipinski definition) is 8. The number of sulfonamides is 1. The number of aromatic nitrogens is 2. The van der Waals surface area contributed by atoms with Crippen LogP contribution < -0.4 is 21.3 Å². The van der Waals surface area contributed by atoms with Crippen molar-refractivity contribution in [3.63, 3.8) is 0 Å². The number of piperazine rings is 1. The number of pyridine rings is 2. The Bertz CT molecular complexity index is 1050. The summed E-state index contributed by atoms with van der Waals surface area (Å²) in [7, 11) is -3.14. The molecule has 0 aromatic carbocycles. The molecule has 3 heterocycles. The predicted molar refractivity (Wildman–Crippen MR) is 120 cm³/mol. The summed E-state index contributed by atoms with van der Waals surface area (Å²) in [6.45, 7) is 3.87. The fraction of sp³-hybridized carbons (Fsp3) is 0.450. The molecule has 11 heteroatoms. The van der Waals surface area contributed by atoms with Crippen LogP contribution in [0.25, 0.3) is 0 Å². The van der Waals surface area contributed by atoms with E-state index in [0.29, 0.717) is 55.1 Å². The Morgan fingerprint density at radius 2 is 1.84 bits per heavy atom. The van der Waals surface area contributed by atoms with Crippen LogP contribution in [0.3, 0.4) is 0 Å². The van der Waals surface area contributed by atoms with E-state index in [-0.39, 0.29) is 5.75 Å². The van der Waals surface area contributed by atoms with Crippen molar-refractivity contribution in [3.05, 3.63) is 36.2 Å². The molecule has 1 saturated heterocycles. The van der Waals surface area contributed by atoms with Crippen LogP contribution in [0, 0.1) is 0 Å². The lowest BCUT2D eigenvalue weighted by atomic mass is 10.2. The van der Waals surface area contributed by atoms with Crippen molar-refractivity contribution in [1.29, 1.82) is 0 Å². The number of nitrogens with one attached hydrogen (secondary N) is 2. The molecule has 0 unspecified atom stereocenters. The highest BCUT2D eigenvalue weighted by molar-refractivity contribution is 7.89. The molecule has 4 N–H and O–H groups in total. The summed E-state index contributed by atoms with van der Waals surface area (Å²) in [5.74, 6) is 0.789. The quantitative estimate of drug-likeness (QED) is 0.555. The second kappa shape index (κ2) is 8.67. The van der Waals surface area contributed by atoms with Gasteiger partial charge in [0.05, 0.1) is 28.9 Å². The summed E-state index contributed by atoms with van der Waals surface area (Å²) in [5.41, 5.74) is 7.42. The number of primary amides is 1. The largest absolute Gasteiger partial charge is 0.382 e. The van der Waals surface area contributed by atoms with Crippen molar-refractivity contribution < 1.29 is 13.2 Å². The smallest absolute Gasteiger partial charge is 0.252 e. The van der Waals surface area contributed by atoms with Crippen LogP contribution in [-0.4, -0.2) is 66.6 Å². The number of carbonyl (C=O) groups excluding carboxylic acids is 1. The molecule has 0 radical (unpaired) electrons. The second-order valence-electron chi connectivity index (χ2n) is 7.71. The number of hydrogen-bond donors (Lipinski definition) is 3. The lowest BCUT2D eigenvalue weighted by molar-refractivity contribution is 0.100. The first-order chi connectivity index (χ1) is 14.9. The number of carbonyl (C=O) groups is 1. The molecular weight excluding hydrogens is 418 g/mol. The van der Waals surface area contributed by atoms with E-state index in [1.54, 1.807) is 23.5 Å². The van der Waals surface area contributed by atoms with Crippen molar-refractivity contribution in [2.45, 2.75) is 25.8 Å². The maximum Gasteiger partial charge on any atom is 0.252 e. The second-order valence-corrected chi connectivity index (χ2v) is 9.97. The third-order valence-corrected chi connectivity index (χ3v) is 7.35. The van der Waals surface area contributed by atoms with Gasteiger partial charge in [-0.1, -0.05) is 0 Å². The van der Waals surface area contributed by atoms with Crippen molar-refractivity contribution in [1.82, 2.24) is 14.3 Å². The zero-order chi connectivity index (χ0) is 22.0. The Balaban J connectivity index is 1.40. The Kier molecular flexibility index (Phi) is 5.96. The zero-order valence-corrected chi connectivity index (χ0v) is 18.2. The van der Waals surface area contributed by atoms with Gasteiger partial charge in [0.25, 0.3) is 5.91 Å². The summed E-state index contributed by atoms with van der Waals surface area (Å²) >= 11 is 0. The first-order valence-electron chi connectivity index (χ1n) is 10.4. The third-order valence-electron chi connectivity index (χ3n) is 5.47. The molecule has 0 bridgehead atoms. The van der Waals surface area contributed by atoms with E-state index in [2.05, 4.69) is 25.5 Å². The normalized spacial score (nSPS) is 17.4. The monoisotopic (exact) mass is 445 g/mol. The first-order valence-corrected chi connectivity index (χ1v) is 12.0. The average molecular weight is 446 g/mol. The molecule has 10 nitrogen and oxygen atoms in total. The zero-order valence-electron chi connectivity index (χ0n) is 17.4. The SMILES string of the molecule is CCS(=O)(=O)N1CCN(c2ccc(Nc3cc(NC4CC4)c(C(N)=O)cn3)nc2)CC1. The van der Waals surface area contributed by atoms with Crippen LogP contribution in [0.2, 0.25) is 0 Å². The molecular formula is C20H27N7O3S. The summed E-state index contributed by atoms with van der Waals surface area (Å²) in [4.78, 5) is 22.5. The highest BCUT2D eigenvalue weighted by Crippen LogP contribution is 2.28. The van der Waals surface area contributed by atoms with E-state index >= 15 is 0 Å². The number of amides is 1. The van der Waals surface area contributed by atoms with Gasteiger partial charge in [0.1, 0.15) is 11.6 Å². The van der Waals surface area contributed by atoms with Crippen molar-refractivity contribution >= 4 is 38.9 Å². The Morgan fingerprint density at radius 3 is 2.42 bits per heavy atom. The van der Waals surface area contributed by atoms with E-state index in [4.69, 9.17) is 5.73 Å². The van der Waals surface area contributed by atoms with Crippen LogP contribution in [0.4, 0.5) is 23.0 Å². The van der Waals surface area contributed by atoms with Gasteiger partial charge >= 0.3 is 0 Å². The minimum Gasteiger partial charge on any atom is -0.382 e. The van der Waals surface area contributed by atoms with Crippen LogP contribution in [0.5, 0.6) is 0 Å². The topological polar surface area (TPSA) is 134 Å². The maximum atomic E-state index is 12.0. The lowest BCUT2D eigenvalue weighted by Crippen LogP contribution is -2.49. The minimum atomic E-state index is -3.14. The van der Waals surface area contributed by atoms with Gasteiger partial charge in [-0.2, -0.15) is 4.31 Å². The molecule has 166 valence electrons. The highest BCUT2D eigenvalue weighted by atomic mass is 32.2. The molecule has 1 aliphatic carbocycles. The molecule has 31 heavy (non-hydrogen) atoms. The van der Waals surface area contributed by atoms with Crippen LogP contribution >= 0.6 is 0 Å². The Morgan fingerprint density at radius 1 is 1.13 bits per heavy atom. The number of anilines is 4. The summed E-state index contributed by atoms with van der Waals surface area (Å²) < 4.78 is 25.6. The molecule has 1 saturated carbocycles. The van der Waals surface area contributed by atoms with Gasteiger partial charge in [0.15, 0.2) is 0 Å². The molecule has 2 aliphatic rings. The molecule has 0 spiro atoms. The van der Waals surface area contributed by atoms with E-state index in [9.17, 15) is 13.2 Å². The van der Waals surface area contributed by atoms with Crippen molar-refractivity contribution in [2.24, 2.45) is 5.73 Å². The Labute approximate surface area is 181 Å². The molecule has 0 atom stereocenters. The van der Waals surface area contributed by atoms with E-state index in [1.807, 2.05) is 12.1 Å². The van der Waals surface area contributed by atoms with Crippen LogP contribution in [-0.2, 0) is 10.0 Å². The number of rotatable bonds is 8. The Hall–Kier alpha value is -2.92. The van der Waals surface area contributed by atoms with Gasteiger partial charge in [-0.3, -0.25) is 4.79 Å². The van der Waals surface area contributed by atoms with Gasteiger partial charge < -0.3 is 21.3 Å². The molecule has 1 aliphatic heterocycles. The van der Waals surface area contributed by atoms with E-state index < -0.39 is 15.9 Å². The van der Waals surface area contributed by atoms with Crippen LogP contribution in [0.1, 0.15) is 30.1 Å². The number of nitrogens with two attached hydrogens (primary N) is 1. The predicted octanol–water partition coefficient (Wildman–Crippen LogP) is 1.37. The lowest BCUT2D eigenvalue weighted by Gasteiger charge is -2.35.